The molecule has 19 heavy (non-hydrogen) atoms. The van der Waals surface area contributed by atoms with Gasteiger partial charge in [0.25, 0.3) is 0 Å². The highest BCUT2D eigenvalue weighted by atomic mass is 19.1. The number of unbranched alkanes of at least 4 members (excludes halogenated alkanes) is 3. The molecule has 1 atom stereocenters. The Bertz CT molecular complexity index is 390. The van der Waals surface area contributed by atoms with Crippen molar-refractivity contribution in [3.8, 4) is 0 Å². The van der Waals surface area contributed by atoms with Crippen molar-refractivity contribution in [2.45, 2.75) is 52.1 Å². The van der Waals surface area contributed by atoms with E-state index in [1.165, 1.54) is 31.4 Å². The van der Waals surface area contributed by atoms with Crippen LogP contribution in [0.2, 0.25) is 0 Å². The predicted octanol–water partition coefficient (Wildman–Crippen LogP) is 4.38. The molecule has 0 spiro atoms. The van der Waals surface area contributed by atoms with Crippen molar-refractivity contribution in [1.82, 2.24) is 0 Å². The maximum atomic E-state index is 13.4. The zero-order valence-corrected chi connectivity index (χ0v) is 11.8. The molecule has 0 amide bonds. The quantitative estimate of drug-likeness (QED) is 0.489. The van der Waals surface area contributed by atoms with E-state index in [0.29, 0.717) is 0 Å². The van der Waals surface area contributed by atoms with E-state index in [1.807, 2.05) is 6.92 Å². The van der Waals surface area contributed by atoms with Crippen molar-refractivity contribution in [2.24, 2.45) is 0 Å². The Hall–Kier alpha value is -1.22. The van der Waals surface area contributed by atoms with Crippen molar-refractivity contribution in [1.29, 1.82) is 0 Å². The number of Topliss-reactive ketones (excluding diaryl/α,β-unsaturated/α-hetero) is 1. The van der Waals surface area contributed by atoms with Gasteiger partial charge in [0.2, 0.25) is 0 Å². The maximum absolute atomic E-state index is 13.4. The van der Waals surface area contributed by atoms with Crippen LogP contribution in [0, 0.1) is 5.82 Å². The number of halogens is 1. The lowest BCUT2D eigenvalue weighted by atomic mass is 10.1. The van der Waals surface area contributed by atoms with Crippen LogP contribution in [0.25, 0.3) is 0 Å². The highest BCUT2D eigenvalue weighted by Gasteiger charge is 2.12. The topological polar surface area (TPSA) is 26.3 Å². The van der Waals surface area contributed by atoms with Crippen LogP contribution in [0.3, 0.4) is 0 Å². The summed E-state index contributed by atoms with van der Waals surface area (Å²) in [5.41, 5.74) is 0.112. The summed E-state index contributed by atoms with van der Waals surface area (Å²) in [7, 11) is 0. The van der Waals surface area contributed by atoms with Gasteiger partial charge in [-0.1, -0.05) is 44.7 Å². The van der Waals surface area contributed by atoms with E-state index in [-0.39, 0.29) is 24.1 Å². The van der Waals surface area contributed by atoms with Gasteiger partial charge >= 0.3 is 0 Å². The molecule has 0 bridgehead atoms. The number of hydrogen-bond acceptors (Lipinski definition) is 2. The van der Waals surface area contributed by atoms with Crippen LogP contribution in [-0.4, -0.2) is 18.5 Å². The third kappa shape index (κ3) is 5.97. The van der Waals surface area contributed by atoms with Gasteiger partial charge in [0, 0.05) is 0 Å². The molecule has 0 heterocycles. The minimum atomic E-state index is -0.480. The van der Waals surface area contributed by atoms with Gasteiger partial charge in [0.15, 0.2) is 5.78 Å². The molecule has 106 valence electrons. The van der Waals surface area contributed by atoms with Gasteiger partial charge in [-0.05, 0) is 25.5 Å². The predicted molar refractivity (Wildman–Crippen MR) is 74.9 cm³/mol. The van der Waals surface area contributed by atoms with Crippen LogP contribution in [-0.2, 0) is 4.74 Å². The second-order valence-electron chi connectivity index (χ2n) is 4.87. The molecule has 1 aromatic carbocycles. The summed E-state index contributed by atoms with van der Waals surface area (Å²) in [6, 6.07) is 6.02. The molecule has 0 N–H and O–H groups in total. The van der Waals surface area contributed by atoms with Gasteiger partial charge in [-0.25, -0.2) is 4.39 Å². The molecule has 0 saturated heterocycles. The lowest BCUT2D eigenvalue weighted by molar-refractivity contribution is 0.0480. The van der Waals surface area contributed by atoms with Crippen molar-refractivity contribution < 1.29 is 13.9 Å². The van der Waals surface area contributed by atoms with Crippen molar-refractivity contribution >= 4 is 5.78 Å². The Balaban J connectivity index is 2.28. The van der Waals surface area contributed by atoms with E-state index < -0.39 is 5.82 Å². The lowest BCUT2D eigenvalue weighted by Gasteiger charge is -2.12. The van der Waals surface area contributed by atoms with Crippen LogP contribution in [0.5, 0.6) is 0 Å². The van der Waals surface area contributed by atoms with E-state index in [0.717, 1.165) is 12.8 Å². The molecule has 3 heteroatoms. The first-order chi connectivity index (χ1) is 9.15. The van der Waals surface area contributed by atoms with E-state index in [4.69, 9.17) is 4.74 Å². The third-order valence-electron chi connectivity index (χ3n) is 3.14. The van der Waals surface area contributed by atoms with E-state index in [2.05, 4.69) is 6.92 Å². The first kappa shape index (κ1) is 15.8. The zero-order chi connectivity index (χ0) is 14.1. The molecule has 0 fully saturated rings. The molecule has 0 aromatic heterocycles. The number of benzene rings is 1. The maximum Gasteiger partial charge on any atom is 0.191 e. The molecule has 1 aromatic rings. The van der Waals surface area contributed by atoms with E-state index in [9.17, 15) is 9.18 Å². The average molecular weight is 266 g/mol. The van der Waals surface area contributed by atoms with Crippen molar-refractivity contribution in [3.63, 3.8) is 0 Å². The molecule has 1 rings (SSSR count). The molecular formula is C16H23FO2. The van der Waals surface area contributed by atoms with Crippen LogP contribution >= 0.6 is 0 Å². The third-order valence-corrected chi connectivity index (χ3v) is 3.14. The molecule has 2 nitrogen and oxygen atoms in total. The van der Waals surface area contributed by atoms with Gasteiger partial charge in [-0.3, -0.25) is 4.79 Å². The van der Waals surface area contributed by atoms with Gasteiger partial charge in [0.1, 0.15) is 12.4 Å². The standard InChI is InChI=1S/C16H23FO2/c1-3-4-5-6-9-13(2)19-12-16(18)14-10-7-8-11-15(14)17/h7-8,10-11,13H,3-6,9,12H2,1-2H3. The molecule has 0 radical (unpaired) electrons. The molecule has 0 aliphatic carbocycles. The summed E-state index contributed by atoms with van der Waals surface area (Å²) in [6.07, 6.45) is 5.76. The fourth-order valence-electron chi connectivity index (χ4n) is 1.92. The van der Waals surface area contributed by atoms with E-state index in [1.54, 1.807) is 12.1 Å². The van der Waals surface area contributed by atoms with E-state index >= 15 is 0 Å². The second-order valence-corrected chi connectivity index (χ2v) is 4.87. The van der Waals surface area contributed by atoms with Crippen LogP contribution < -0.4 is 0 Å². The molecule has 0 aliphatic heterocycles. The normalized spacial score (nSPS) is 12.4. The number of hydrogen-bond donors (Lipinski definition) is 0. The zero-order valence-electron chi connectivity index (χ0n) is 11.8. The fourth-order valence-corrected chi connectivity index (χ4v) is 1.92. The number of ketones is 1. The Morgan fingerprint density at radius 3 is 2.68 bits per heavy atom. The second kappa shape index (κ2) is 8.81. The van der Waals surface area contributed by atoms with Gasteiger partial charge in [-0.15, -0.1) is 0 Å². The highest BCUT2D eigenvalue weighted by molar-refractivity contribution is 5.97. The summed E-state index contributed by atoms with van der Waals surface area (Å²) < 4.78 is 18.9. The number of carbonyl (C=O) groups is 1. The fraction of sp³-hybridized carbons (Fsp3) is 0.562. The Morgan fingerprint density at radius 1 is 1.26 bits per heavy atom. The summed E-state index contributed by atoms with van der Waals surface area (Å²) >= 11 is 0. The SMILES string of the molecule is CCCCCCC(C)OCC(=O)c1ccccc1F. The largest absolute Gasteiger partial charge is 0.370 e. The van der Waals surface area contributed by atoms with Crippen LogP contribution in [0.1, 0.15) is 56.3 Å². The molecule has 1 unspecified atom stereocenters. The number of carbonyl (C=O) groups excluding carboxylic acids is 1. The molecule has 0 saturated carbocycles. The molecular weight excluding hydrogens is 243 g/mol. The Kier molecular flexibility index (Phi) is 7.34. The summed E-state index contributed by atoms with van der Waals surface area (Å²) in [5, 5.41) is 0. The minimum absolute atomic E-state index is 0.0458. The summed E-state index contributed by atoms with van der Waals surface area (Å²) in [4.78, 5) is 11.8. The minimum Gasteiger partial charge on any atom is -0.370 e. The smallest absolute Gasteiger partial charge is 0.191 e. The lowest BCUT2D eigenvalue weighted by Crippen LogP contribution is -2.16. The number of ether oxygens (including phenoxy) is 1. The summed E-state index contributed by atoms with van der Waals surface area (Å²) in [5.74, 6) is -0.773. The summed E-state index contributed by atoms with van der Waals surface area (Å²) in [6.45, 7) is 4.09. The molecule has 0 aliphatic rings. The Morgan fingerprint density at radius 2 is 2.00 bits per heavy atom. The first-order valence-electron chi connectivity index (χ1n) is 7.04. The van der Waals surface area contributed by atoms with Gasteiger partial charge in [-0.2, -0.15) is 0 Å². The average Bonchev–Trinajstić information content (AvgIpc) is 2.41. The van der Waals surface area contributed by atoms with Gasteiger partial charge < -0.3 is 4.74 Å². The number of rotatable bonds is 9. The van der Waals surface area contributed by atoms with Crippen molar-refractivity contribution in [3.05, 3.63) is 35.6 Å². The Labute approximate surface area is 115 Å². The monoisotopic (exact) mass is 266 g/mol. The highest BCUT2D eigenvalue weighted by Crippen LogP contribution is 2.10. The van der Waals surface area contributed by atoms with Crippen LogP contribution in [0.15, 0.2) is 24.3 Å². The van der Waals surface area contributed by atoms with Gasteiger partial charge in [0.05, 0.1) is 11.7 Å². The first-order valence-corrected chi connectivity index (χ1v) is 7.04. The van der Waals surface area contributed by atoms with Crippen molar-refractivity contribution in [2.75, 3.05) is 6.61 Å². The van der Waals surface area contributed by atoms with Crippen LogP contribution in [0.4, 0.5) is 4.39 Å².